The molecule has 0 spiro atoms. The lowest BCUT2D eigenvalue weighted by Crippen LogP contribution is -2.36. The summed E-state index contributed by atoms with van der Waals surface area (Å²) in [6.45, 7) is 3.65. The number of nitro benzene ring substituents is 1. The summed E-state index contributed by atoms with van der Waals surface area (Å²) in [5, 5.41) is 17.1. The highest BCUT2D eigenvalue weighted by Gasteiger charge is 2.42. The van der Waals surface area contributed by atoms with E-state index in [0.29, 0.717) is 47.2 Å². The Morgan fingerprint density at radius 3 is 2.61 bits per heavy atom. The number of carbonyl (C=O) groups is 2. The number of dihydropyridines is 1. The van der Waals surface area contributed by atoms with Crippen LogP contribution in [0.2, 0.25) is 0 Å². The number of esters is 1. The number of nitro groups is 1. The van der Waals surface area contributed by atoms with Gasteiger partial charge in [-0.3, -0.25) is 14.9 Å². The zero-order chi connectivity index (χ0) is 26.8. The fourth-order valence-electron chi connectivity index (χ4n) is 5.35. The van der Waals surface area contributed by atoms with Crippen LogP contribution < -0.4 is 5.32 Å². The van der Waals surface area contributed by atoms with Gasteiger partial charge in [0.1, 0.15) is 0 Å². The summed E-state index contributed by atoms with van der Waals surface area (Å²) in [4.78, 5) is 39.6. The number of Topliss-reactive ketones (excluding diaryl/α,β-unsaturated/α-hetero) is 1. The van der Waals surface area contributed by atoms with E-state index in [1.54, 1.807) is 37.3 Å². The first-order valence-electron chi connectivity index (χ1n) is 12.6. The van der Waals surface area contributed by atoms with Crippen LogP contribution in [0.3, 0.4) is 0 Å². The molecule has 3 aromatic rings. The summed E-state index contributed by atoms with van der Waals surface area (Å²) in [7, 11) is 0. The minimum Gasteiger partial charge on any atom is -0.462 e. The number of thiophene rings is 1. The number of aryl methyl sites for hydroxylation is 1. The van der Waals surface area contributed by atoms with Gasteiger partial charge in [0.05, 0.1) is 17.1 Å². The molecule has 2 aliphatic rings. The second kappa shape index (κ2) is 10.8. The van der Waals surface area contributed by atoms with Gasteiger partial charge in [0.15, 0.2) is 5.78 Å². The van der Waals surface area contributed by atoms with E-state index >= 15 is 0 Å². The van der Waals surface area contributed by atoms with E-state index in [0.717, 1.165) is 16.1 Å². The van der Waals surface area contributed by atoms with Gasteiger partial charge < -0.3 is 10.1 Å². The minimum absolute atomic E-state index is 0.0441. The van der Waals surface area contributed by atoms with Gasteiger partial charge in [-0.2, -0.15) is 0 Å². The molecule has 1 N–H and O–H groups in total. The smallest absolute Gasteiger partial charge is 0.336 e. The quantitative estimate of drug-likeness (QED) is 0.226. The number of allylic oxidation sites excluding steroid dienone is 3. The molecule has 1 aliphatic carbocycles. The number of benzene rings is 2. The number of ether oxygens (including phenoxy) is 1. The van der Waals surface area contributed by atoms with Crippen molar-refractivity contribution >= 4 is 28.8 Å². The topological polar surface area (TPSA) is 98.5 Å². The predicted octanol–water partition coefficient (Wildman–Crippen LogP) is 6.11. The van der Waals surface area contributed by atoms with E-state index in [1.165, 1.54) is 6.07 Å². The van der Waals surface area contributed by atoms with Crippen molar-refractivity contribution in [3.8, 4) is 0 Å². The van der Waals surface area contributed by atoms with Gasteiger partial charge in [-0.25, -0.2) is 4.79 Å². The van der Waals surface area contributed by atoms with Crippen molar-refractivity contribution in [2.45, 2.75) is 44.9 Å². The number of carbonyl (C=O) groups excluding carboxylic acids is 2. The van der Waals surface area contributed by atoms with Crippen molar-refractivity contribution < 1.29 is 19.2 Å². The second-order valence-electron chi connectivity index (χ2n) is 9.71. The Hall–Kier alpha value is -4.04. The van der Waals surface area contributed by atoms with E-state index in [9.17, 15) is 19.7 Å². The third-order valence-electron chi connectivity index (χ3n) is 7.22. The number of hydrogen-bond acceptors (Lipinski definition) is 7. The maximum atomic E-state index is 13.7. The summed E-state index contributed by atoms with van der Waals surface area (Å²) in [5.74, 6) is -1.29. The zero-order valence-electron chi connectivity index (χ0n) is 21.2. The standard InChI is InChI=1S/C30H28N2O5S/c1-18-10-11-21(16-24(18)32(35)36)28-27(30(34)37-13-12-20-7-4-3-5-8-20)19(2)31-23-15-22(17-25(33)29(23)28)26-9-6-14-38-26/h3-11,14,16,22,28,31H,12-13,15,17H2,1-2H3/t22-,28-/m0/s1. The molecule has 0 radical (unpaired) electrons. The van der Waals surface area contributed by atoms with E-state index < -0.39 is 16.8 Å². The molecule has 38 heavy (non-hydrogen) atoms. The average molecular weight is 529 g/mol. The van der Waals surface area contributed by atoms with Crippen LogP contribution in [0, 0.1) is 17.0 Å². The van der Waals surface area contributed by atoms with Crippen LogP contribution in [0.25, 0.3) is 0 Å². The Morgan fingerprint density at radius 1 is 1.11 bits per heavy atom. The molecule has 2 atom stereocenters. The second-order valence-corrected chi connectivity index (χ2v) is 10.7. The number of nitrogens with one attached hydrogen (secondary N) is 1. The first-order chi connectivity index (χ1) is 18.3. The molecule has 5 rings (SSSR count). The maximum absolute atomic E-state index is 13.7. The van der Waals surface area contributed by atoms with Crippen LogP contribution in [0.4, 0.5) is 5.69 Å². The van der Waals surface area contributed by atoms with E-state index in [1.807, 2.05) is 47.8 Å². The Kier molecular flexibility index (Phi) is 7.24. The Bertz CT molecular complexity index is 1460. The molecule has 0 saturated carbocycles. The SMILES string of the molecule is CC1=C(C(=O)OCCc2ccccc2)[C@H](c2ccc(C)c([N+](=O)[O-])c2)C2=C(C[C@H](c3cccs3)CC2=O)N1. The van der Waals surface area contributed by atoms with Gasteiger partial charge in [-0.15, -0.1) is 11.3 Å². The van der Waals surface area contributed by atoms with E-state index in [2.05, 4.69) is 5.32 Å². The summed E-state index contributed by atoms with van der Waals surface area (Å²) in [6, 6.07) is 18.7. The molecule has 2 heterocycles. The predicted molar refractivity (Wildman–Crippen MR) is 146 cm³/mol. The molecule has 0 saturated heterocycles. The summed E-state index contributed by atoms with van der Waals surface area (Å²) in [6.07, 6.45) is 1.50. The zero-order valence-corrected chi connectivity index (χ0v) is 22.0. The molecule has 0 unspecified atom stereocenters. The molecular formula is C30H28N2O5S. The van der Waals surface area contributed by atoms with Gasteiger partial charge in [-0.05, 0) is 42.8 Å². The molecular weight excluding hydrogens is 500 g/mol. The molecule has 8 heteroatoms. The average Bonchev–Trinajstić information content (AvgIpc) is 3.44. The first-order valence-corrected chi connectivity index (χ1v) is 13.4. The fraction of sp³-hybridized carbons (Fsp3) is 0.267. The van der Waals surface area contributed by atoms with Gasteiger partial charge in [0.25, 0.3) is 5.69 Å². The van der Waals surface area contributed by atoms with E-state index in [-0.39, 0.29) is 24.0 Å². The number of ketones is 1. The van der Waals surface area contributed by atoms with Crippen LogP contribution in [-0.2, 0) is 20.7 Å². The molecule has 0 amide bonds. The number of nitrogens with zero attached hydrogens (tertiary/aromatic N) is 1. The highest BCUT2D eigenvalue weighted by atomic mass is 32.1. The van der Waals surface area contributed by atoms with Crippen LogP contribution in [0.15, 0.2) is 88.6 Å². The van der Waals surface area contributed by atoms with Crippen LogP contribution in [-0.4, -0.2) is 23.3 Å². The normalized spacial score (nSPS) is 19.2. The van der Waals surface area contributed by atoms with Gasteiger partial charge in [0.2, 0.25) is 0 Å². The maximum Gasteiger partial charge on any atom is 0.336 e. The third-order valence-corrected chi connectivity index (χ3v) is 8.26. The molecule has 7 nitrogen and oxygen atoms in total. The summed E-state index contributed by atoms with van der Waals surface area (Å²) in [5.41, 5.74) is 4.24. The highest BCUT2D eigenvalue weighted by Crippen LogP contribution is 2.46. The Morgan fingerprint density at radius 2 is 1.89 bits per heavy atom. The highest BCUT2D eigenvalue weighted by molar-refractivity contribution is 7.10. The van der Waals surface area contributed by atoms with Crippen molar-refractivity contribution in [3.63, 3.8) is 0 Å². The van der Waals surface area contributed by atoms with Crippen molar-refractivity contribution in [1.82, 2.24) is 5.32 Å². The molecule has 2 aromatic carbocycles. The van der Waals surface area contributed by atoms with Crippen molar-refractivity contribution in [2.75, 3.05) is 6.61 Å². The largest absolute Gasteiger partial charge is 0.462 e. The summed E-state index contributed by atoms with van der Waals surface area (Å²) >= 11 is 1.62. The molecule has 1 aliphatic heterocycles. The lowest BCUT2D eigenvalue weighted by molar-refractivity contribution is -0.385. The Balaban J connectivity index is 1.52. The van der Waals surface area contributed by atoms with Crippen LogP contribution in [0.1, 0.15) is 53.2 Å². The van der Waals surface area contributed by atoms with Crippen LogP contribution >= 0.6 is 11.3 Å². The van der Waals surface area contributed by atoms with Crippen molar-refractivity contribution in [3.05, 3.63) is 120 Å². The minimum atomic E-state index is -0.744. The molecule has 0 bridgehead atoms. The number of hydrogen-bond donors (Lipinski definition) is 1. The lowest BCUT2D eigenvalue weighted by Gasteiger charge is -2.36. The van der Waals surface area contributed by atoms with Gasteiger partial charge >= 0.3 is 5.97 Å². The lowest BCUT2D eigenvalue weighted by atomic mass is 9.72. The van der Waals surface area contributed by atoms with Crippen molar-refractivity contribution in [2.24, 2.45) is 0 Å². The molecule has 1 aromatic heterocycles. The van der Waals surface area contributed by atoms with E-state index in [4.69, 9.17) is 4.74 Å². The number of rotatable bonds is 7. The summed E-state index contributed by atoms with van der Waals surface area (Å²) < 4.78 is 5.70. The van der Waals surface area contributed by atoms with Crippen molar-refractivity contribution in [1.29, 1.82) is 0 Å². The molecule has 194 valence electrons. The fourth-order valence-corrected chi connectivity index (χ4v) is 6.18. The van der Waals surface area contributed by atoms with Gasteiger partial charge in [0, 0.05) is 58.2 Å². The third kappa shape index (κ3) is 5.04. The first kappa shape index (κ1) is 25.6. The molecule has 0 fully saturated rings. The monoisotopic (exact) mass is 528 g/mol. The Labute approximate surface area is 225 Å². The van der Waals surface area contributed by atoms with Crippen LogP contribution in [0.5, 0.6) is 0 Å². The van der Waals surface area contributed by atoms with Gasteiger partial charge in [-0.1, -0.05) is 48.5 Å².